The average Bonchev–Trinajstić information content (AvgIpc) is 2.56. The summed E-state index contributed by atoms with van der Waals surface area (Å²) in [6.07, 6.45) is 3.29. The van der Waals surface area contributed by atoms with Gasteiger partial charge < -0.3 is 4.74 Å². The van der Waals surface area contributed by atoms with E-state index in [1.807, 2.05) is 6.92 Å². The first-order valence-corrected chi connectivity index (χ1v) is 6.94. The predicted molar refractivity (Wildman–Crippen MR) is 80.7 cm³/mol. The summed E-state index contributed by atoms with van der Waals surface area (Å²) in [5.74, 6) is -0.247. The number of aromatic nitrogens is 3. The summed E-state index contributed by atoms with van der Waals surface area (Å²) in [7, 11) is 0. The van der Waals surface area contributed by atoms with Crippen molar-refractivity contribution in [2.75, 3.05) is 0 Å². The third-order valence-electron chi connectivity index (χ3n) is 3.15. The summed E-state index contributed by atoms with van der Waals surface area (Å²) in [6.45, 7) is 1.69. The molecule has 0 bridgehead atoms. The number of benzene rings is 1. The summed E-state index contributed by atoms with van der Waals surface area (Å²) in [6, 6.07) is 8.45. The number of aryl methyl sites for hydroxylation is 1. The quantitative estimate of drug-likeness (QED) is 0.737. The molecule has 3 rings (SSSR count). The van der Waals surface area contributed by atoms with E-state index in [0.29, 0.717) is 17.4 Å². The number of hydrogen-bond acceptors (Lipinski definition) is 4. The Bertz CT molecular complexity index is 825. The summed E-state index contributed by atoms with van der Waals surface area (Å²) >= 11 is 0. The smallest absolute Gasteiger partial charge is 0.217 e. The molecule has 0 amide bonds. The molecular weight excluding hydrogens is 300 g/mol. The third-order valence-corrected chi connectivity index (χ3v) is 3.15. The zero-order valence-corrected chi connectivity index (χ0v) is 12.3. The molecule has 116 valence electrons. The van der Waals surface area contributed by atoms with Gasteiger partial charge >= 0.3 is 0 Å². The molecule has 1 aromatic carbocycles. The molecule has 0 unspecified atom stereocenters. The fraction of sp³-hybridized carbons (Fsp3) is 0.118. The highest BCUT2D eigenvalue weighted by atomic mass is 19.1. The van der Waals surface area contributed by atoms with Crippen LogP contribution in [0.1, 0.15) is 11.3 Å². The van der Waals surface area contributed by atoms with Crippen molar-refractivity contribution in [1.29, 1.82) is 0 Å². The van der Waals surface area contributed by atoms with Gasteiger partial charge in [0, 0.05) is 35.3 Å². The van der Waals surface area contributed by atoms with Crippen LogP contribution in [0.25, 0.3) is 11.4 Å². The molecule has 23 heavy (non-hydrogen) atoms. The van der Waals surface area contributed by atoms with Crippen molar-refractivity contribution in [3.05, 3.63) is 71.7 Å². The minimum Gasteiger partial charge on any atom is -0.473 e. The van der Waals surface area contributed by atoms with Crippen molar-refractivity contribution in [2.24, 2.45) is 0 Å². The Morgan fingerprint density at radius 1 is 1.00 bits per heavy atom. The van der Waals surface area contributed by atoms with Crippen LogP contribution in [0.15, 0.2) is 48.8 Å². The molecule has 0 saturated heterocycles. The SMILES string of the molecule is Cc1cc(OCc2cc(F)ccc2F)nc(-c2ccncc2)n1. The Kier molecular flexibility index (Phi) is 4.23. The first-order valence-electron chi connectivity index (χ1n) is 6.94. The van der Waals surface area contributed by atoms with Gasteiger partial charge in [-0.15, -0.1) is 0 Å². The van der Waals surface area contributed by atoms with Gasteiger partial charge in [-0.05, 0) is 37.3 Å². The maximum absolute atomic E-state index is 13.6. The van der Waals surface area contributed by atoms with E-state index in [1.54, 1.807) is 30.6 Å². The summed E-state index contributed by atoms with van der Waals surface area (Å²) in [5, 5.41) is 0. The number of hydrogen-bond donors (Lipinski definition) is 0. The maximum atomic E-state index is 13.6. The molecule has 0 N–H and O–H groups in total. The van der Waals surface area contributed by atoms with Crippen LogP contribution in [0.5, 0.6) is 5.88 Å². The Morgan fingerprint density at radius 3 is 2.57 bits per heavy atom. The molecule has 4 nitrogen and oxygen atoms in total. The molecule has 0 aliphatic carbocycles. The molecule has 2 aromatic heterocycles. The number of pyridine rings is 1. The van der Waals surface area contributed by atoms with Gasteiger partial charge in [0.1, 0.15) is 18.2 Å². The Labute approximate surface area is 131 Å². The van der Waals surface area contributed by atoms with E-state index in [2.05, 4.69) is 15.0 Å². The first-order chi connectivity index (χ1) is 11.1. The van der Waals surface area contributed by atoms with Crippen LogP contribution in [0, 0.1) is 18.6 Å². The minimum atomic E-state index is -0.522. The van der Waals surface area contributed by atoms with Gasteiger partial charge in [0.2, 0.25) is 5.88 Å². The highest BCUT2D eigenvalue weighted by molar-refractivity contribution is 5.54. The molecule has 0 spiro atoms. The summed E-state index contributed by atoms with van der Waals surface area (Å²) in [4.78, 5) is 12.6. The third kappa shape index (κ3) is 3.66. The molecule has 3 aromatic rings. The van der Waals surface area contributed by atoms with Crippen LogP contribution < -0.4 is 4.74 Å². The zero-order valence-electron chi connectivity index (χ0n) is 12.3. The molecule has 0 fully saturated rings. The van der Waals surface area contributed by atoms with E-state index in [9.17, 15) is 8.78 Å². The Morgan fingerprint density at radius 2 is 1.78 bits per heavy atom. The highest BCUT2D eigenvalue weighted by Gasteiger charge is 2.08. The van der Waals surface area contributed by atoms with Crippen molar-refractivity contribution in [1.82, 2.24) is 15.0 Å². The van der Waals surface area contributed by atoms with E-state index < -0.39 is 11.6 Å². The van der Waals surface area contributed by atoms with Crippen molar-refractivity contribution < 1.29 is 13.5 Å². The lowest BCUT2D eigenvalue weighted by atomic mass is 10.2. The van der Waals surface area contributed by atoms with Gasteiger partial charge in [-0.1, -0.05) is 0 Å². The van der Waals surface area contributed by atoms with Crippen LogP contribution in [-0.2, 0) is 6.61 Å². The molecule has 0 radical (unpaired) electrons. The average molecular weight is 313 g/mol. The number of nitrogens with zero attached hydrogens (tertiary/aromatic N) is 3. The van der Waals surface area contributed by atoms with Gasteiger partial charge in [-0.2, -0.15) is 4.98 Å². The van der Waals surface area contributed by atoms with E-state index in [1.165, 1.54) is 0 Å². The van der Waals surface area contributed by atoms with Crippen molar-refractivity contribution >= 4 is 0 Å². The number of ether oxygens (including phenoxy) is 1. The Balaban J connectivity index is 1.83. The van der Waals surface area contributed by atoms with Crippen molar-refractivity contribution in [3.8, 4) is 17.3 Å². The predicted octanol–water partition coefficient (Wildman–Crippen LogP) is 3.70. The maximum Gasteiger partial charge on any atom is 0.217 e. The van der Waals surface area contributed by atoms with E-state index in [0.717, 1.165) is 23.8 Å². The summed E-state index contributed by atoms with van der Waals surface area (Å²) < 4.78 is 32.3. The van der Waals surface area contributed by atoms with E-state index in [4.69, 9.17) is 4.74 Å². The van der Waals surface area contributed by atoms with Gasteiger partial charge in [0.25, 0.3) is 0 Å². The molecule has 0 saturated carbocycles. The molecule has 0 aliphatic heterocycles. The number of rotatable bonds is 4. The first kappa shape index (κ1) is 15.0. The second-order valence-electron chi connectivity index (χ2n) is 4.93. The standard InChI is InChI=1S/C17H13F2N3O/c1-11-8-16(22-17(21-11)12-4-6-20-7-5-12)23-10-13-9-14(18)2-3-15(13)19/h2-9H,10H2,1H3. The van der Waals surface area contributed by atoms with Gasteiger partial charge in [-0.25, -0.2) is 13.8 Å². The molecule has 0 aliphatic rings. The van der Waals surface area contributed by atoms with E-state index in [-0.39, 0.29) is 12.2 Å². The van der Waals surface area contributed by atoms with Crippen LogP contribution in [0.3, 0.4) is 0 Å². The normalized spacial score (nSPS) is 10.6. The van der Waals surface area contributed by atoms with Crippen LogP contribution >= 0.6 is 0 Å². The van der Waals surface area contributed by atoms with Crippen LogP contribution in [-0.4, -0.2) is 15.0 Å². The number of halogens is 2. The largest absolute Gasteiger partial charge is 0.473 e. The lowest BCUT2D eigenvalue weighted by Crippen LogP contribution is -2.02. The molecule has 2 heterocycles. The fourth-order valence-electron chi connectivity index (χ4n) is 2.05. The zero-order chi connectivity index (χ0) is 16.2. The fourth-order valence-corrected chi connectivity index (χ4v) is 2.05. The van der Waals surface area contributed by atoms with Crippen LogP contribution in [0.4, 0.5) is 8.78 Å². The van der Waals surface area contributed by atoms with Gasteiger partial charge in [0.05, 0.1) is 0 Å². The molecule has 0 atom stereocenters. The van der Waals surface area contributed by atoms with Crippen LogP contribution in [0.2, 0.25) is 0 Å². The van der Waals surface area contributed by atoms with Crippen molar-refractivity contribution in [2.45, 2.75) is 13.5 Å². The lowest BCUT2D eigenvalue weighted by Gasteiger charge is -2.09. The minimum absolute atomic E-state index is 0.115. The van der Waals surface area contributed by atoms with E-state index >= 15 is 0 Å². The molecular formula is C17H13F2N3O. The highest BCUT2D eigenvalue weighted by Crippen LogP contribution is 2.19. The van der Waals surface area contributed by atoms with Crippen molar-refractivity contribution in [3.63, 3.8) is 0 Å². The Hall–Kier alpha value is -2.89. The second-order valence-corrected chi connectivity index (χ2v) is 4.93. The summed E-state index contributed by atoms with van der Waals surface area (Å²) in [5.41, 5.74) is 1.64. The van der Waals surface area contributed by atoms with Gasteiger partial charge in [0.15, 0.2) is 5.82 Å². The lowest BCUT2D eigenvalue weighted by molar-refractivity contribution is 0.287. The topological polar surface area (TPSA) is 47.9 Å². The molecule has 6 heteroatoms. The second kappa shape index (κ2) is 6.48. The van der Waals surface area contributed by atoms with Gasteiger partial charge in [-0.3, -0.25) is 4.98 Å². The monoisotopic (exact) mass is 313 g/mol.